The highest BCUT2D eigenvalue weighted by molar-refractivity contribution is 6.30. The Bertz CT molecular complexity index is 1100. The number of halogens is 1. The van der Waals surface area contributed by atoms with Crippen molar-refractivity contribution in [2.75, 3.05) is 0 Å². The van der Waals surface area contributed by atoms with Gasteiger partial charge >= 0.3 is 0 Å². The molecule has 2 atom stereocenters. The van der Waals surface area contributed by atoms with E-state index in [9.17, 15) is 9.59 Å². The van der Waals surface area contributed by atoms with Gasteiger partial charge in [0, 0.05) is 35.4 Å². The van der Waals surface area contributed by atoms with E-state index in [4.69, 9.17) is 23.1 Å². The van der Waals surface area contributed by atoms with Crippen LogP contribution in [0.5, 0.6) is 0 Å². The third-order valence-corrected chi connectivity index (χ3v) is 5.84. The largest absolute Gasteiger partial charge is 0.366 e. The Morgan fingerprint density at radius 2 is 1.90 bits per heavy atom. The molecule has 5 N–H and O–H groups in total. The summed E-state index contributed by atoms with van der Waals surface area (Å²) in [5, 5.41) is 3.75. The summed E-state index contributed by atoms with van der Waals surface area (Å²) < 4.78 is 0. The third-order valence-electron chi connectivity index (χ3n) is 5.61. The molecular weight excluding hydrogens is 400 g/mol. The molecule has 2 amide bonds. The number of pyridine rings is 1. The van der Waals surface area contributed by atoms with E-state index in [1.807, 2.05) is 30.3 Å². The Morgan fingerprint density at radius 1 is 1.13 bits per heavy atom. The van der Waals surface area contributed by atoms with Gasteiger partial charge in [0.05, 0.1) is 11.1 Å². The van der Waals surface area contributed by atoms with Crippen LogP contribution in [0, 0.1) is 0 Å². The van der Waals surface area contributed by atoms with E-state index in [0.717, 1.165) is 16.7 Å². The van der Waals surface area contributed by atoms with E-state index >= 15 is 0 Å². The number of fused-ring (bicyclic) bond motifs is 1. The quantitative estimate of drug-likeness (QED) is 0.589. The van der Waals surface area contributed by atoms with E-state index in [1.54, 1.807) is 30.5 Å². The second-order valence-corrected chi connectivity index (χ2v) is 7.95. The van der Waals surface area contributed by atoms with Gasteiger partial charge in [0.15, 0.2) is 0 Å². The molecule has 0 aliphatic heterocycles. The van der Waals surface area contributed by atoms with Crippen LogP contribution >= 0.6 is 11.6 Å². The van der Waals surface area contributed by atoms with Gasteiger partial charge in [-0.1, -0.05) is 29.8 Å². The maximum atomic E-state index is 13.1. The molecular formula is C23H21ClN4O2. The van der Waals surface area contributed by atoms with Crippen molar-refractivity contribution in [3.05, 3.63) is 99.8 Å². The van der Waals surface area contributed by atoms with Crippen molar-refractivity contribution < 1.29 is 9.59 Å². The minimum absolute atomic E-state index is 0.264. The highest BCUT2D eigenvalue weighted by Gasteiger charge is 2.46. The molecule has 30 heavy (non-hydrogen) atoms. The number of amides is 2. The van der Waals surface area contributed by atoms with Gasteiger partial charge < -0.3 is 16.8 Å². The topological polar surface area (TPSA) is 111 Å². The zero-order chi connectivity index (χ0) is 21.3. The zero-order valence-corrected chi connectivity index (χ0v) is 16.9. The summed E-state index contributed by atoms with van der Waals surface area (Å²) >= 11 is 6.30. The van der Waals surface area contributed by atoms with Crippen LogP contribution in [-0.2, 0) is 18.4 Å². The molecule has 7 heteroatoms. The first kappa shape index (κ1) is 20.1. The fourth-order valence-electron chi connectivity index (χ4n) is 4.06. The lowest BCUT2D eigenvalue weighted by atomic mass is 9.82. The lowest BCUT2D eigenvalue weighted by Crippen LogP contribution is -2.56. The first-order chi connectivity index (χ1) is 14.4. The van der Waals surface area contributed by atoms with Gasteiger partial charge in [-0.3, -0.25) is 14.6 Å². The summed E-state index contributed by atoms with van der Waals surface area (Å²) in [4.78, 5) is 28.5. The number of rotatable bonds is 5. The standard InChI is InChI=1S/C23H21ClN4O2/c24-18-8-7-16-10-20(25)23(19(16)11-18,28-22(30)17-2-1-9-27-13-17)12-14-3-5-15(6-4-14)21(26)29/h1-9,11,13,20H,10,12,25H2,(H2,26,29)(H,28,30)/t20-,23-/m1/s1. The van der Waals surface area contributed by atoms with Crippen molar-refractivity contribution in [3.63, 3.8) is 0 Å². The molecule has 0 spiro atoms. The number of carbonyl (C=O) groups is 2. The third kappa shape index (κ3) is 3.67. The number of hydrogen-bond acceptors (Lipinski definition) is 4. The van der Waals surface area contributed by atoms with Crippen molar-refractivity contribution >= 4 is 23.4 Å². The van der Waals surface area contributed by atoms with Crippen LogP contribution in [0.25, 0.3) is 0 Å². The van der Waals surface area contributed by atoms with Crippen molar-refractivity contribution in [1.82, 2.24) is 10.3 Å². The predicted molar refractivity (Wildman–Crippen MR) is 115 cm³/mol. The van der Waals surface area contributed by atoms with Gasteiger partial charge in [-0.25, -0.2) is 0 Å². The molecule has 4 rings (SSSR count). The van der Waals surface area contributed by atoms with Gasteiger partial charge in [-0.15, -0.1) is 0 Å². The summed E-state index contributed by atoms with van der Waals surface area (Å²) in [6.45, 7) is 0. The average molecular weight is 421 g/mol. The number of nitrogens with one attached hydrogen (secondary N) is 1. The van der Waals surface area contributed by atoms with Gasteiger partial charge in [0.2, 0.25) is 5.91 Å². The van der Waals surface area contributed by atoms with Crippen LogP contribution in [-0.4, -0.2) is 22.8 Å². The van der Waals surface area contributed by atoms with E-state index in [-0.39, 0.29) is 11.9 Å². The van der Waals surface area contributed by atoms with Crippen molar-refractivity contribution in [2.24, 2.45) is 11.5 Å². The first-order valence-electron chi connectivity index (χ1n) is 9.55. The molecule has 0 fully saturated rings. The summed E-state index contributed by atoms with van der Waals surface area (Å²) in [7, 11) is 0. The molecule has 3 aromatic rings. The number of primary amides is 1. The lowest BCUT2D eigenvalue weighted by molar-refractivity contribution is 0.0884. The summed E-state index contributed by atoms with van der Waals surface area (Å²) in [5.41, 5.74) is 14.8. The number of hydrogen-bond donors (Lipinski definition) is 3. The number of nitrogens with zero attached hydrogens (tertiary/aromatic N) is 1. The molecule has 0 unspecified atom stereocenters. The average Bonchev–Trinajstić information content (AvgIpc) is 3.00. The van der Waals surface area contributed by atoms with Gasteiger partial charge in [-0.2, -0.15) is 0 Å². The van der Waals surface area contributed by atoms with E-state index in [2.05, 4.69) is 10.3 Å². The maximum Gasteiger partial charge on any atom is 0.253 e. The monoisotopic (exact) mass is 420 g/mol. The Morgan fingerprint density at radius 3 is 2.57 bits per heavy atom. The van der Waals surface area contributed by atoms with Gasteiger partial charge in [0.1, 0.15) is 0 Å². The van der Waals surface area contributed by atoms with Crippen LogP contribution in [0.3, 0.4) is 0 Å². The minimum Gasteiger partial charge on any atom is -0.366 e. The molecule has 0 radical (unpaired) electrons. The van der Waals surface area contributed by atoms with Crippen LogP contribution < -0.4 is 16.8 Å². The molecule has 0 saturated carbocycles. The summed E-state index contributed by atoms with van der Waals surface area (Å²) in [6, 6.07) is 15.7. The SMILES string of the molecule is NC(=O)c1ccc(C[C@@]2(NC(=O)c3cccnc3)c3cc(Cl)ccc3C[C@H]2N)cc1. The molecule has 2 aromatic carbocycles. The molecule has 0 bridgehead atoms. The molecule has 1 aromatic heterocycles. The minimum atomic E-state index is -0.860. The molecule has 1 aliphatic rings. The Labute approximate surface area is 179 Å². The molecule has 1 heterocycles. The fourth-order valence-corrected chi connectivity index (χ4v) is 4.24. The van der Waals surface area contributed by atoms with E-state index < -0.39 is 11.4 Å². The lowest BCUT2D eigenvalue weighted by Gasteiger charge is -2.36. The van der Waals surface area contributed by atoms with Crippen molar-refractivity contribution in [2.45, 2.75) is 24.4 Å². The highest BCUT2D eigenvalue weighted by atomic mass is 35.5. The first-order valence-corrected chi connectivity index (χ1v) is 9.92. The summed E-state index contributed by atoms with van der Waals surface area (Å²) in [5.74, 6) is -0.754. The zero-order valence-electron chi connectivity index (χ0n) is 16.1. The van der Waals surface area contributed by atoms with E-state index in [0.29, 0.717) is 29.0 Å². The predicted octanol–water partition coefficient (Wildman–Crippen LogP) is 2.59. The molecule has 6 nitrogen and oxygen atoms in total. The molecule has 0 saturated heterocycles. The smallest absolute Gasteiger partial charge is 0.253 e. The number of nitrogens with two attached hydrogens (primary N) is 2. The molecule has 1 aliphatic carbocycles. The number of carbonyl (C=O) groups excluding carboxylic acids is 2. The fraction of sp³-hybridized carbons (Fsp3) is 0.174. The second-order valence-electron chi connectivity index (χ2n) is 7.52. The van der Waals surface area contributed by atoms with Crippen LogP contribution in [0.4, 0.5) is 0 Å². The van der Waals surface area contributed by atoms with Gasteiger partial charge in [0.25, 0.3) is 5.91 Å². The second kappa shape index (κ2) is 7.89. The summed E-state index contributed by atoms with van der Waals surface area (Å²) in [6.07, 6.45) is 4.18. The Balaban J connectivity index is 1.77. The Hall–Kier alpha value is -3.22. The normalized spacial score (nSPS) is 19.9. The van der Waals surface area contributed by atoms with Crippen molar-refractivity contribution in [1.29, 1.82) is 0 Å². The number of benzene rings is 2. The molecule has 152 valence electrons. The maximum absolute atomic E-state index is 13.1. The van der Waals surface area contributed by atoms with Gasteiger partial charge in [-0.05, 0) is 59.5 Å². The van der Waals surface area contributed by atoms with Crippen LogP contribution in [0.1, 0.15) is 37.4 Å². The van der Waals surface area contributed by atoms with Crippen LogP contribution in [0.2, 0.25) is 5.02 Å². The van der Waals surface area contributed by atoms with Crippen molar-refractivity contribution in [3.8, 4) is 0 Å². The van der Waals surface area contributed by atoms with Crippen LogP contribution in [0.15, 0.2) is 67.0 Å². The highest BCUT2D eigenvalue weighted by Crippen LogP contribution is 2.40. The Kier molecular flexibility index (Phi) is 5.28. The van der Waals surface area contributed by atoms with E-state index in [1.165, 1.54) is 6.20 Å². The number of aromatic nitrogens is 1.